The van der Waals surface area contributed by atoms with E-state index in [4.69, 9.17) is 4.74 Å². The maximum absolute atomic E-state index is 12.7. The van der Waals surface area contributed by atoms with Crippen molar-refractivity contribution < 1.29 is 14.6 Å². The highest BCUT2D eigenvalue weighted by atomic mass is 32.1. The number of amides is 1. The minimum atomic E-state index is 0.00287. The van der Waals surface area contributed by atoms with Crippen LogP contribution < -0.4 is 4.74 Å². The summed E-state index contributed by atoms with van der Waals surface area (Å²) in [6.45, 7) is 3.88. The second-order valence-electron chi connectivity index (χ2n) is 6.12. The van der Waals surface area contributed by atoms with Gasteiger partial charge in [-0.3, -0.25) is 4.79 Å². The van der Waals surface area contributed by atoms with Gasteiger partial charge in [0.1, 0.15) is 12.4 Å². The number of aliphatic hydroxyl groups excluding tert-OH is 1. The lowest BCUT2D eigenvalue weighted by Gasteiger charge is -2.32. The number of piperidine rings is 1. The number of ether oxygens (including phenoxy) is 1. The fraction of sp³-hybridized carbons (Fsp3) is 0.444. The molecule has 1 aromatic heterocycles. The Bertz CT molecular complexity index is 701. The van der Waals surface area contributed by atoms with E-state index in [-0.39, 0.29) is 18.4 Å². The van der Waals surface area contributed by atoms with E-state index in [0.29, 0.717) is 24.5 Å². The van der Waals surface area contributed by atoms with Crippen LogP contribution in [0.15, 0.2) is 29.6 Å². The third-order valence-corrected chi connectivity index (χ3v) is 5.02. The summed E-state index contributed by atoms with van der Waals surface area (Å²) >= 11 is 1.60. The molecule has 0 aliphatic carbocycles. The highest BCUT2D eigenvalue weighted by Gasteiger charge is 2.24. The first-order valence-corrected chi connectivity index (χ1v) is 9.07. The van der Waals surface area contributed by atoms with Gasteiger partial charge >= 0.3 is 0 Å². The summed E-state index contributed by atoms with van der Waals surface area (Å²) < 4.78 is 5.76. The van der Waals surface area contributed by atoms with Gasteiger partial charge in [-0.05, 0) is 43.9 Å². The van der Waals surface area contributed by atoms with Crippen molar-refractivity contribution in [3.8, 4) is 5.75 Å². The molecule has 2 heterocycles. The number of aliphatic hydroxyl groups is 1. The molecule has 6 heteroatoms. The van der Waals surface area contributed by atoms with Gasteiger partial charge in [-0.2, -0.15) is 0 Å². The lowest BCUT2D eigenvalue weighted by Crippen LogP contribution is -2.40. The SMILES string of the molecule is Cc1nc(COc2cccc(C(=O)N3CCCC(CO)C3)c2)cs1. The smallest absolute Gasteiger partial charge is 0.253 e. The van der Waals surface area contributed by atoms with Crippen LogP contribution in [0.5, 0.6) is 5.75 Å². The molecular weight excluding hydrogens is 324 g/mol. The molecule has 1 fully saturated rings. The zero-order valence-electron chi connectivity index (χ0n) is 13.8. The average molecular weight is 346 g/mol. The van der Waals surface area contributed by atoms with Gasteiger partial charge in [0.15, 0.2) is 0 Å². The number of nitrogens with zero attached hydrogens (tertiary/aromatic N) is 2. The number of thiazole rings is 1. The number of hydrogen-bond donors (Lipinski definition) is 1. The fourth-order valence-electron chi connectivity index (χ4n) is 2.93. The maximum Gasteiger partial charge on any atom is 0.253 e. The van der Waals surface area contributed by atoms with E-state index in [0.717, 1.165) is 30.1 Å². The van der Waals surface area contributed by atoms with Crippen molar-refractivity contribution in [1.82, 2.24) is 9.88 Å². The molecule has 0 saturated carbocycles. The molecule has 1 N–H and O–H groups in total. The molecule has 5 nitrogen and oxygen atoms in total. The van der Waals surface area contributed by atoms with Gasteiger partial charge < -0.3 is 14.7 Å². The van der Waals surface area contributed by atoms with Crippen molar-refractivity contribution in [2.75, 3.05) is 19.7 Å². The minimum Gasteiger partial charge on any atom is -0.487 e. The zero-order valence-corrected chi connectivity index (χ0v) is 14.6. The van der Waals surface area contributed by atoms with E-state index in [1.165, 1.54) is 0 Å². The van der Waals surface area contributed by atoms with Gasteiger partial charge in [0.25, 0.3) is 5.91 Å². The molecule has 128 valence electrons. The molecule has 2 aromatic rings. The number of carbonyl (C=O) groups excluding carboxylic acids is 1. The third-order valence-electron chi connectivity index (χ3n) is 4.20. The van der Waals surface area contributed by atoms with Gasteiger partial charge in [-0.1, -0.05) is 6.07 Å². The number of rotatable bonds is 5. The molecule has 1 amide bonds. The summed E-state index contributed by atoms with van der Waals surface area (Å²) in [5.41, 5.74) is 1.52. The van der Waals surface area contributed by atoms with Gasteiger partial charge in [0, 0.05) is 30.6 Å². The predicted octanol–water partition coefficient (Wildman–Crippen LogP) is 2.88. The standard InChI is InChI=1S/C18H22N2O3S/c1-13-19-16(12-24-13)11-23-17-6-2-5-15(8-17)18(22)20-7-3-4-14(9-20)10-21/h2,5-6,8,12,14,21H,3-4,7,9-11H2,1H3. The molecule has 1 unspecified atom stereocenters. The number of likely N-dealkylation sites (tertiary alicyclic amines) is 1. The molecule has 0 radical (unpaired) electrons. The number of aromatic nitrogens is 1. The maximum atomic E-state index is 12.7. The largest absolute Gasteiger partial charge is 0.487 e. The van der Waals surface area contributed by atoms with E-state index < -0.39 is 0 Å². The van der Waals surface area contributed by atoms with Crippen LogP contribution in [0.25, 0.3) is 0 Å². The van der Waals surface area contributed by atoms with E-state index in [2.05, 4.69) is 4.98 Å². The first-order chi connectivity index (χ1) is 11.7. The van der Waals surface area contributed by atoms with Crippen LogP contribution in [0.1, 0.15) is 33.9 Å². The molecule has 1 saturated heterocycles. The van der Waals surface area contributed by atoms with E-state index in [9.17, 15) is 9.90 Å². The monoisotopic (exact) mass is 346 g/mol. The molecule has 24 heavy (non-hydrogen) atoms. The van der Waals surface area contributed by atoms with Gasteiger partial charge in [0.2, 0.25) is 0 Å². The summed E-state index contributed by atoms with van der Waals surface area (Å²) in [7, 11) is 0. The lowest BCUT2D eigenvalue weighted by molar-refractivity contribution is 0.0620. The van der Waals surface area contributed by atoms with Crippen molar-refractivity contribution in [2.24, 2.45) is 5.92 Å². The van der Waals surface area contributed by atoms with Crippen LogP contribution in [0.2, 0.25) is 0 Å². The Hall–Kier alpha value is -1.92. The van der Waals surface area contributed by atoms with Gasteiger partial charge in [-0.15, -0.1) is 11.3 Å². The Balaban J connectivity index is 1.64. The fourth-order valence-corrected chi connectivity index (χ4v) is 3.53. The minimum absolute atomic E-state index is 0.00287. The Morgan fingerprint density at radius 3 is 3.12 bits per heavy atom. The van der Waals surface area contributed by atoms with Crippen molar-refractivity contribution in [2.45, 2.75) is 26.4 Å². The number of hydrogen-bond acceptors (Lipinski definition) is 5. The normalized spacial score (nSPS) is 17.8. The Labute approximate surface area is 145 Å². The van der Waals surface area contributed by atoms with Crippen LogP contribution in [-0.4, -0.2) is 40.6 Å². The topological polar surface area (TPSA) is 62.7 Å². The lowest BCUT2D eigenvalue weighted by atomic mass is 9.98. The number of aryl methyl sites for hydroxylation is 1. The van der Waals surface area contributed by atoms with Gasteiger partial charge in [0.05, 0.1) is 10.7 Å². The molecule has 1 aliphatic heterocycles. The van der Waals surface area contributed by atoms with E-state index >= 15 is 0 Å². The quantitative estimate of drug-likeness (QED) is 0.904. The Morgan fingerprint density at radius 1 is 1.50 bits per heavy atom. The molecule has 0 bridgehead atoms. The summed E-state index contributed by atoms with van der Waals surface area (Å²) in [5.74, 6) is 0.861. The van der Waals surface area contributed by atoms with Crippen LogP contribution >= 0.6 is 11.3 Å². The van der Waals surface area contributed by atoms with Crippen LogP contribution in [0.4, 0.5) is 0 Å². The zero-order chi connectivity index (χ0) is 16.9. The van der Waals surface area contributed by atoms with E-state index in [1.54, 1.807) is 17.4 Å². The molecule has 3 rings (SSSR count). The highest BCUT2D eigenvalue weighted by molar-refractivity contribution is 7.09. The number of benzene rings is 1. The summed E-state index contributed by atoms with van der Waals surface area (Å²) in [6.07, 6.45) is 1.92. The molecule has 0 spiro atoms. The van der Waals surface area contributed by atoms with E-state index in [1.807, 2.05) is 35.4 Å². The summed E-state index contributed by atoms with van der Waals surface area (Å²) in [5, 5.41) is 12.3. The second-order valence-corrected chi connectivity index (χ2v) is 7.18. The van der Waals surface area contributed by atoms with Crippen molar-refractivity contribution in [1.29, 1.82) is 0 Å². The van der Waals surface area contributed by atoms with Gasteiger partial charge in [-0.25, -0.2) is 4.98 Å². The van der Waals surface area contributed by atoms with Crippen molar-refractivity contribution >= 4 is 17.2 Å². The first-order valence-electron chi connectivity index (χ1n) is 8.19. The van der Waals surface area contributed by atoms with Crippen LogP contribution in [0, 0.1) is 12.8 Å². The molecular formula is C18H22N2O3S. The van der Waals surface area contributed by atoms with Crippen LogP contribution in [-0.2, 0) is 6.61 Å². The van der Waals surface area contributed by atoms with Crippen LogP contribution in [0.3, 0.4) is 0 Å². The van der Waals surface area contributed by atoms with Crippen molar-refractivity contribution in [3.05, 3.63) is 45.9 Å². The Kier molecular flexibility index (Phi) is 5.48. The first kappa shape index (κ1) is 16.9. The molecule has 1 aromatic carbocycles. The number of carbonyl (C=O) groups is 1. The highest BCUT2D eigenvalue weighted by Crippen LogP contribution is 2.21. The predicted molar refractivity (Wildman–Crippen MR) is 93.3 cm³/mol. The summed E-state index contributed by atoms with van der Waals surface area (Å²) in [4.78, 5) is 18.9. The third kappa shape index (κ3) is 4.13. The summed E-state index contributed by atoms with van der Waals surface area (Å²) in [6, 6.07) is 7.28. The average Bonchev–Trinajstić information content (AvgIpc) is 3.05. The Morgan fingerprint density at radius 2 is 2.38 bits per heavy atom. The van der Waals surface area contributed by atoms with Crippen molar-refractivity contribution in [3.63, 3.8) is 0 Å². The molecule has 1 atom stereocenters. The second kappa shape index (κ2) is 7.77. The molecule has 1 aliphatic rings.